The van der Waals surface area contributed by atoms with Gasteiger partial charge >= 0.3 is 0 Å². The van der Waals surface area contributed by atoms with Crippen LogP contribution in [0.2, 0.25) is 0 Å². The summed E-state index contributed by atoms with van der Waals surface area (Å²) >= 11 is 0. The lowest BCUT2D eigenvalue weighted by Crippen LogP contribution is -2.42. The highest BCUT2D eigenvalue weighted by atomic mass is 32.2. The van der Waals surface area contributed by atoms with Gasteiger partial charge in [-0.3, -0.25) is 0 Å². The molecule has 0 aromatic heterocycles. The van der Waals surface area contributed by atoms with E-state index in [9.17, 15) is 8.42 Å². The van der Waals surface area contributed by atoms with E-state index in [1.54, 1.807) is 24.4 Å². The fraction of sp³-hybridized carbons (Fsp3) is 0.800. The van der Waals surface area contributed by atoms with Crippen molar-refractivity contribution in [2.24, 2.45) is 0 Å². The summed E-state index contributed by atoms with van der Waals surface area (Å²) in [5, 5.41) is 2.53. The summed E-state index contributed by atoms with van der Waals surface area (Å²) in [6.45, 7) is 6.27. The Morgan fingerprint density at radius 2 is 2.20 bits per heavy atom. The van der Waals surface area contributed by atoms with Crippen molar-refractivity contribution in [1.29, 1.82) is 0 Å². The zero-order valence-corrected chi connectivity index (χ0v) is 10.3. The Morgan fingerprint density at radius 1 is 1.60 bits per heavy atom. The molecule has 15 heavy (non-hydrogen) atoms. The first-order chi connectivity index (χ1) is 7.04. The Hall–Kier alpha value is -0.390. The third kappa shape index (κ3) is 3.03. The van der Waals surface area contributed by atoms with Gasteiger partial charge in [0.25, 0.3) is 0 Å². The summed E-state index contributed by atoms with van der Waals surface area (Å²) in [7, 11) is -1.40. The highest BCUT2D eigenvalue weighted by molar-refractivity contribution is 7.89. The third-order valence-corrected chi connectivity index (χ3v) is 4.87. The van der Waals surface area contributed by atoms with Crippen molar-refractivity contribution in [2.75, 3.05) is 20.1 Å². The molecule has 0 radical (unpaired) electrons. The van der Waals surface area contributed by atoms with E-state index in [2.05, 4.69) is 11.9 Å². The summed E-state index contributed by atoms with van der Waals surface area (Å²) in [6.07, 6.45) is 3.63. The van der Waals surface area contributed by atoms with E-state index in [1.165, 1.54) is 0 Å². The molecule has 5 heteroatoms. The fourth-order valence-electron chi connectivity index (χ4n) is 1.57. The maximum absolute atomic E-state index is 12.1. The van der Waals surface area contributed by atoms with Crippen LogP contribution in [0.25, 0.3) is 0 Å². The van der Waals surface area contributed by atoms with Gasteiger partial charge in [0.15, 0.2) is 0 Å². The van der Waals surface area contributed by atoms with Crippen LogP contribution in [0.15, 0.2) is 12.7 Å². The molecule has 0 bridgehead atoms. The number of sulfonamides is 1. The minimum Gasteiger partial charge on any atom is -0.318 e. The van der Waals surface area contributed by atoms with E-state index in [0.717, 1.165) is 12.8 Å². The molecule has 0 aromatic rings. The maximum atomic E-state index is 12.1. The Balaban J connectivity index is 2.75. The van der Waals surface area contributed by atoms with Crippen molar-refractivity contribution < 1.29 is 8.42 Å². The third-order valence-electron chi connectivity index (χ3n) is 2.59. The van der Waals surface area contributed by atoms with Crippen molar-refractivity contribution >= 4 is 10.0 Å². The van der Waals surface area contributed by atoms with Crippen LogP contribution in [0.4, 0.5) is 0 Å². The van der Waals surface area contributed by atoms with Crippen molar-refractivity contribution in [3.8, 4) is 0 Å². The van der Waals surface area contributed by atoms with Gasteiger partial charge in [-0.1, -0.05) is 6.08 Å². The van der Waals surface area contributed by atoms with Crippen LogP contribution in [0.5, 0.6) is 0 Å². The van der Waals surface area contributed by atoms with Gasteiger partial charge in [-0.2, -0.15) is 4.31 Å². The minimum absolute atomic E-state index is 0.215. The first-order valence-corrected chi connectivity index (χ1v) is 6.80. The predicted octanol–water partition coefficient (Wildman–Crippen LogP) is 0.575. The summed E-state index contributed by atoms with van der Waals surface area (Å²) in [6, 6.07) is 0.215. The molecule has 1 fully saturated rings. The number of rotatable bonds is 7. The number of hydrogen-bond donors (Lipinski definition) is 1. The van der Waals surface area contributed by atoms with Crippen LogP contribution >= 0.6 is 0 Å². The molecular formula is C10H20N2O2S. The fourth-order valence-corrected chi connectivity index (χ4v) is 3.35. The largest absolute Gasteiger partial charge is 0.318 e. The number of hydrogen-bond acceptors (Lipinski definition) is 3. The van der Waals surface area contributed by atoms with Crippen LogP contribution in [0.1, 0.15) is 19.8 Å². The van der Waals surface area contributed by atoms with Gasteiger partial charge in [-0.25, -0.2) is 8.42 Å². The van der Waals surface area contributed by atoms with E-state index < -0.39 is 10.0 Å². The van der Waals surface area contributed by atoms with Gasteiger partial charge in [-0.15, -0.1) is 6.58 Å². The molecule has 1 unspecified atom stereocenters. The zero-order chi connectivity index (χ0) is 11.5. The smallest absolute Gasteiger partial charge is 0.218 e. The van der Waals surface area contributed by atoms with Crippen LogP contribution in [-0.2, 0) is 10.0 Å². The second kappa shape index (κ2) is 5.09. The topological polar surface area (TPSA) is 49.4 Å². The molecule has 1 N–H and O–H groups in total. The van der Waals surface area contributed by atoms with Gasteiger partial charge in [-0.05, 0) is 26.8 Å². The van der Waals surface area contributed by atoms with Gasteiger partial charge in [0, 0.05) is 19.1 Å². The second-order valence-electron chi connectivity index (χ2n) is 4.00. The zero-order valence-electron chi connectivity index (χ0n) is 9.44. The highest BCUT2D eigenvalue weighted by Gasteiger charge is 2.38. The van der Waals surface area contributed by atoms with E-state index in [1.807, 2.05) is 0 Å². The average molecular weight is 232 g/mol. The lowest BCUT2D eigenvalue weighted by Gasteiger charge is -2.24. The molecule has 1 saturated carbocycles. The van der Waals surface area contributed by atoms with Crippen molar-refractivity contribution in [2.45, 2.75) is 31.1 Å². The molecule has 1 rings (SSSR count). The maximum Gasteiger partial charge on any atom is 0.218 e. The summed E-state index contributed by atoms with van der Waals surface area (Å²) in [4.78, 5) is 0. The number of nitrogens with one attached hydrogen (secondary N) is 1. The molecule has 0 spiro atoms. The monoisotopic (exact) mass is 232 g/mol. The van der Waals surface area contributed by atoms with Crippen LogP contribution < -0.4 is 5.32 Å². The van der Waals surface area contributed by atoms with Gasteiger partial charge in [0.1, 0.15) is 0 Å². The normalized spacial score (nSPS) is 19.1. The molecule has 0 heterocycles. The first kappa shape index (κ1) is 12.7. The van der Waals surface area contributed by atoms with Crippen LogP contribution in [0, 0.1) is 0 Å². The number of nitrogens with zero attached hydrogens (tertiary/aromatic N) is 1. The predicted molar refractivity (Wildman–Crippen MR) is 62.2 cm³/mol. The highest BCUT2D eigenvalue weighted by Crippen LogP contribution is 2.30. The van der Waals surface area contributed by atoms with Crippen molar-refractivity contribution in [1.82, 2.24) is 9.62 Å². The lowest BCUT2D eigenvalue weighted by molar-refractivity contribution is 0.426. The van der Waals surface area contributed by atoms with E-state index in [4.69, 9.17) is 0 Å². The van der Waals surface area contributed by atoms with E-state index in [-0.39, 0.29) is 11.3 Å². The van der Waals surface area contributed by atoms with Gasteiger partial charge in [0.2, 0.25) is 10.0 Å². The van der Waals surface area contributed by atoms with Crippen molar-refractivity contribution in [3.63, 3.8) is 0 Å². The molecule has 88 valence electrons. The van der Waals surface area contributed by atoms with Crippen LogP contribution in [-0.4, -0.2) is 44.2 Å². The average Bonchev–Trinajstić information content (AvgIpc) is 2.97. The van der Waals surface area contributed by atoms with E-state index in [0.29, 0.717) is 13.1 Å². The van der Waals surface area contributed by atoms with Gasteiger partial charge < -0.3 is 5.32 Å². The molecular weight excluding hydrogens is 212 g/mol. The Morgan fingerprint density at radius 3 is 2.60 bits per heavy atom. The van der Waals surface area contributed by atoms with E-state index >= 15 is 0 Å². The second-order valence-corrected chi connectivity index (χ2v) is 6.31. The molecule has 1 aliphatic rings. The summed E-state index contributed by atoms with van der Waals surface area (Å²) in [5.74, 6) is 0. The molecule has 0 aromatic carbocycles. The van der Waals surface area contributed by atoms with Crippen molar-refractivity contribution in [3.05, 3.63) is 12.7 Å². The SMILES string of the molecule is C=CCN(C1CC1)S(=O)(=O)C(C)CNC. The quantitative estimate of drug-likeness (QED) is 0.653. The summed E-state index contributed by atoms with van der Waals surface area (Å²) < 4.78 is 25.8. The Labute approximate surface area is 92.4 Å². The summed E-state index contributed by atoms with van der Waals surface area (Å²) in [5.41, 5.74) is 0. The molecule has 0 amide bonds. The first-order valence-electron chi connectivity index (χ1n) is 5.30. The minimum atomic E-state index is -3.16. The lowest BCUT2D eigenvalue weighted by atomic mass is 10.5. The van der Waals surface area contributed by atoms with Gasteiger partial charge in [0.05, 0.1) is 5.25 Å². The molecule has 0 saturated heterocycles. The Kier molecular flexibility index (Phi) is 4.31. The standard InChI is InChI=1S/C10H20N2O2S/c1-4-7-12(10-5-6-10)15(13,14)9(2)8-11-3/h4,9-11H,1,5-8H2,2-3H3. The van der Waals surface area contributed by atoms with Crippen LogP contribution in [0.3, 0.4) is 0 Å². The molecule has 1 aliphatic carbocycles. The molecule has 1 atom stereocenters. The molecule has 4 nitrogen and oxygen atoms in total. The Bertz CT molecular complexity index is 309. The molecule has 0 aliphatic heterocycles.